The van der Waals surface area contributed by atoms with Crippen molar-refractivity contribution >= 4 is 35.6 Å². The Morgan fingerprint density at radius 1 is 1.06 bits per heavy atom. The van der Waals surface area contributed by atoms with E-state index in [0.717, 1.165) is 57.8 Å². The highest BCUT2D eigenvalue weighted by molar-refractivity contribution is 14.0. The summed E-state index contributed by atoms with van der Waals surface area (Å²) in [5.74, 6) is 0.861. The lowest BCUT2D eigenvalue weighted by Gasteiger charge is -2.39. The number of likely N-dealkylation sites (N-methyl/N-ethyl adjacent to an activating group) is 1. The maximum absolute atomic E-state index is 13.0. The van der Waals surface area contributed by atoms with Gasteiger partial charge in [-0.3, -0.25) is 9.89 Å². The van der Waals surface area contributed by atoms with Crippen molar-refractivity contribution < 1.29 is 13.2 Å². The van der Waals surface area contributed by atoms with E-state index >= 15 is 0 Å². The third-order valence-electron chi connectivity index (χ3n) is 6.05. The zero-order chi connectivity index (χ0) is 21.7. The fraction of sp³-hybridized carbons (Fsp3) is 0.667. The molecule has 1 aromatic carbocycles. The van der Waals surface area contributed by atoms with Crippen LogP contribution >= 0.6 is 24.0 Å². The first-order valence-electron chi connectivity index (χ1n) is 10.6. The van der Waals surface area contributed by atoms with Crippen LogP contribution in [0.25, 0.3) is 0 Å². The first kappa shape index (κ1) is 26.0. The summed E-state index contributed by atoms with van der Waals surface area (Å²) in [4.78, 5) is 13.4. The van der Waals surface area contributed by atoms with Crippen LogP contribution in [-0.2, 0) is 6.18 Å². The molecule has 1 unspecified atom stereocenters. The number of alkyl halides is 3. The van der Waals surface area contributed by atoms with Gasteiger partial charge in [-0.25, -0.2) is 0 Å². The average molecular weight is 554 g/mol. The Balaban J connectivity index is 0.00000341. The van der Waals surface area contributed by atoms with Gasteiger partial charge in [-0.2, -0.15) is 13.2 Å². The van der Waals surface area contributed by atoms with Gasteiger partial charge in [0.15, 0.2) is 5.96 Å². The average Bonchev–Trinajstić information content (AvgIpc) is 2.74. The Bertz CT molecular complexity index is 713. The molecule has 1 N–H and O–H groups in total. The number of halogens is 4. The van der Waals surface area contributed by atoms with Crippen molar-refractivity contribution in [3.8, 4) is 0 Å². The largest absolute Gasteiger partial charge is 0.416 e. The SMILES string of the molecule is CN=C(NCC(C)N1CCN(C)CC1)N1CCN(c2cccc(C(F)(F)F)c2)CC1.I. The van der Waals surface area contributed by atoms with Crippen LogP contribution in [0.15, 0.2) is 29.3 Å². The summed E-state index contributed by atoms with van der Waals surface area (Å²) in [7, 11) is 3.93. The highest BCUT2D eigenvalue weighted by Crippen LogP contribution is 2.31. The molecule has 10 heteroatoms. The lowest BCUT2D eigenvalue weighted by molar-refractivity contribution is -0.137. The van der Waals surface area contributed by atoms with Crippen LogP contribution < -0.4 is 10.2 Å². The van der Waals surface area contributed by atoms with Crippen molar-refractivity contribution in [3.05, 3.63) is 29.8 Å². The summed E-state index contributed by atoms with van der Waals surface area (Å²) < 4.78 is 39.0. The number of guanidine groups is 1. The molecule has 31 heavy (non-hydrogen) atoms. The third-order valence-corrected chi connectivity index (χ3v) is 6.05. The zero-order valence-corrected chi connectivity index (χ0v) is 20.9. The molecule has 0 bridgehead atoms. The van der Waals surface area contributed by atoms with E-state index in [-0.39, 0.29) is 24.0 Å². The summed E-state index contributed by atoms with van der Waals surface area (Å²) in [5, 5.41) is 3.48. The molecule has 6 nitrogen and oxygen atoms in total. The first-order valence-corrected chi connectivity index (χ1v) is 10.6. The van der Waals surface area contributed by atoms with Crippen LogP contribution in [0.2, 0.25) is 0 Å². The minimum Gasteiger partial charge on any atom is -0.368 e. The van der Waals surface area contributed by atoms with Crippen molar-refractivity contribution in [1.29, 1.82) is 0 Å². The van der Waals surface area contributed by atoms with Gasteiger partial charge in [0.1, 0.15) is 0 Å². The van der Waals surface area contributed by atoms with Crippen LogP contribution in [0, 0.1) is 0 Å². The number of anilines is 1. The molecule has 1 atom stereocenters. The van der Waals surface area contributed by atoms with Crippen molar-refractivity contribution in [3.63, 3.8) is 0 Å². The maximum atomic E-state index is 13.0. The topological polar surface area (TPSA) is 37.4 Å². The lowest BCUT2D eigenvalue weighted by Crippen LogP contribution is -2.55. The zero-order valence-electron chi connectivity index (χ0n) is 18.5. The number of nitrogens with zero attached hydrogens (tertiary/aromatic N) is 5. The predicted octanol–water partition coefficient (Wildman–Crippen LogP) is 2.66. The van der Waals surface area contributed by atoms with Gasteiger partial charge < -0.3 is 20.0 Å². The summed E-state index contributed by atoms with van der Waals surface area (Å²) in [5.41, 5.74) is 0.0221. The van der Waals surface area contributed by atoms with Gasteiger partial charge in [0.05, 0.1) is 5.56 Å². The molecule has 0 aromatic heterocycles. The van der Waals surface area contributed by atoms with Crippen LogP contribution in [0.1, 0.15) is 12.5 Å². The lowest BCUT2D eigenvalue weighted by atomic mass is 10.1. The van der Waals surface area contributed by atoms with Gasteiger partial charge >= 0.3 is 6.18 Å². The van der Waals surface area contributed by atoms with E-state index in [1.807, 2.05) is 4.90 Å². The van der Waals surface area contributed by atoms with E-state index in [0.29, 0.717) is 24.8 Å². The minimum atomic E-state index is -4.32. The fourth-order valence-corrected chi connectivity index (χ4v) is 4.02. The molecule has 2 aliphatic heterocycles. The molecule has 3 rings (SSSR count). The summed E-state index contributed by atoms with van der Waals surface area (Å²) >= 11 is 0. The van der Waals surface area contributed by atoms with Crippen molar-refractivity contribution in [1.82, 2.24) is 20.0 Å². The van der Waals surface area contributed by atoms with E-state index in [1.54, 1.807) is 13.1 Å². The van der Waals surface area contributed by atoms with Crippen molar-refractivity contribution in [2.75, 3.05) is 77.9 Å². The Morgan fingerprint density at radius 2 is 1.71 bits per heavy atom. The monoisotopic (exact) mass is 554 g/mol. The normalized spacial score (nSPS) is 20.4. The molecule has 2 saturated heterocycles. The van der Waals surface area contributed by atoms with Gasteiger partial charge in [-0.05, 0) is 32.2 Å². The van der Waals surface area contributed by atoms with Crippen molar-refractivity contribution in [2.45, 2.75) is 19.1 Å². The molecule has 2 aliphatic rings. The molecule has 0 amide bonds. The smallest absolute Gasteiger partial charge is 0.368 e. The first-order chi connectivity index (χ1) is 14.3. The van der Waals surface area contributed by atoms with Gasteiger partial charge in [0.25, 0.3) is 0 Å². The Labute approximate surface area is 200 Å². The van der Waals surface area contributed by atoms with Crippen LogP contribution in [0.5, 0.6) is 0 Å². The minimum absolute atomic E-state index is 0. The number of benzene rings is 1. The highest BCUT2D eigenvalue weighted by atomic mass is 127. The van der Waals surface area contributed by atoms with E-state index in [9.17, 15) is 13.2 Å². The molecule has 1 aromatic rings. The Morgan fingerprint density at radius 3 is 2.29 bits per heavy atom. The van der Waals surface area contributed by atoms with E-state index < -0.39 is 11.7 Å². The van der Waals surface area contributed by atoms with Gasteiger partial charge in [0.2, 0.25) is 0 Å². The summed E-state index contributed by atoms with van der Waals surface area (Å²) in [6, 6.07) is 6.00. The standard InChI is InChI=1S/C21H33F3N6.HI/c1-17(28-9-7-27(3)8-10-28)16-26-20(25-2)30-13-11-29(12-14-30)19-6-4-5-18(15-19)21(22,23)24;/h4-6,15,17H,7-14,16H2,1-3H3,(H,25,26);1H. The molecule has 176 valence electrons. The van der Waals surface area contributed by atoms with E-state index in [2.05, 4.69) is 39.0 Å². The molecule has 0 spiro atoms. The maximum Gasteiger partial charge on any atom is 0.416 e. The number of aliphatic imine (C=N–C) groups is 1. The highest BCUT2D eigenvalue weighted by Gasteiger charge is 2.31. The molecular formula is C21H34F3IN6. The second-order valence-electron chi connectivity index (χ2n) is 8.14. The molecular weight excluding hydrogens is 520 g/mol. The number of hydrogen-bond acceptors (Lipinski definition) is 4. The van der Waals surface area contributed by atoms with E-state index in [4.69, 9.17) is 0 Å². The molecule has 2 fully saturated rings. The number of nitrogens with one attached hydrogen (secondary N) is 1. The van der Waals surface area contributed by atoms with Gasteiger partial charge in [-0.15, -0.1) is 24.0 Å². The van der Waals surface area contributed by atoms with Crippen molar-refractivity contribution in [2.24, 2.45) is 4.99 Å². The quantitative estimate of drug-likeness (QED) is 0.352. The molecule has 0 radical (unpaired) electrons. The number of rotatable bonds is 4. The van der Waals surface area contributed by atoms with Crippen LogP contribution in [0.4, 0.5) is 18.9 Å². The third kappa shape index (κ3) is 7.11. The molecule has 2 heterocycles. The second-order valence-corrected chi connectivity index (χ2v) is 8.14. The fourth-order valence-electron chi connectivity index (χ4n) is 4.02. The van der Waals surface area contributed by atoms with Crippen LogP contribution in [-0.4, -0.2) is 99.7 Å². The summed E-state index contributed by atoms with van der Waals surface area (Å²) in [6.07, 6.45) is -4.32. The summed E-state index contributed by atoms with van der Waals surface area (Å²) in [6.45, 7) is 10.2. The second kappa shape index (κ2) is 11.6. The molecule has 0 aliphatic carbocycles. The van der Waals surface area contributed by atoms with Gasteiger partial charge in [-0.1, -0.05) is 6.07 Å². The predicted molar refractivity (Wildman–Crippen MR) is 131 cm³/mol. The van der Waals surface area contributed by atoms with Crippen LogP contribution in [0.3, 0.4) is 0 Å². The Kier molecular flexibility index (Phi) is 9.68. The number of hydrogen-bond donors (Lipinski definition) is 1. The Hall–Kier alpha value is -1.27. The number of piperazine rings is 2. The van der Waals surface area contributed by atoms with E-state index in [1.165, 1.54) is 12.1 Å². The van der Waals surface area contributed by atoms with Gasteiger partial charge in [0, 0.05) is 77.7 Å². The molecule has 0 saturated carbocycles.